The minimum atomic E-state index is -1.93. The zero-order valence-corrected chi connectivity index (χ0v) is 34.4. The molecule has 0 aromatic carbocycles. The lowest BCUT2D eigenvalue weighted by molar-refractivity contribution is -0.304. The van der Waals surface area contributed by atoms with Crippen molar-refractivity contribution in [2.75, 3.05) is 20.7 Å². The van der Waals surface area contributed by atoms with Crippen molar-refractivity contribution in [3.8, 4) is 0 Å². The lowest BCUT2D eigenvalue weighted by Crippen LogP contribution is -2.62. The Kier molecular flexibility index (Phi) is 15.8. The molecule has 3 aliphatic rings. The van der Waals surface area contributed by atoms with Gasteiger partial charge in [-0.1, -0.05) is 34.6 Å². The van der Waals surface area contributed by atoms with Gasteiger partial charge in [0.25, 0.3) is 0 Å². The van der Waals surface area contributed by atoms with E-state index in [9.17, 15) is 40.5 Å². The maximum Gasteiger partial charge on any atom is 0.309 e. The summed E-state index contributed by atoms with van der Waals surface area (Å²) in [4.78, 5) is 16.1. The highest BCUT2D eigenvalue weighted by molar-refractivity contribution is 5.73. The lowest BCUT2D eigenvalue weighted by Gasteiger charge is -2.52. The Bertz CT molecular complexity index is 1170. The van der Waals surface area contributed by atoms with Gasteiger partial charge in [-0.05, 0) is 79.7 Å². The molecule has 0 aromatic heterocycles. The average Bonchev–Trinajstić information content (AvgIpc) is 3.07. The van der Waals surface area contributed by atoms with Gasteiger partial charge in [0.15, 0.2) is 6.29 Å². The molecule has 14 nitrogen and oxygen atoms in total. The largest absolute Gasteiger partial charge is 0.459 e. The van der Waals surface area contributed by atoms with Crippen molar-refractivity contribution in [3.63, 3.8) is 0 Å². The normalized spacial score (nSPS) is 50.3. The molecule has 0 bridgehead atoms. The number of hydrogen-bond acceptors (Lipinski definition) is 14. The van der Waals surface area contributed by atoms with E-state index in [1.54, 1.807) is 55.4 Å². The van der Waals surface area contributed by atoms with Crippen LogP contribution in [0, 0.1) is 29.6 Å². The average molecular weight is 764 g/mol. The molecule has 3 rings (SSSR count). The van der Waals surface area contributed by atoms with Crippen molar-refractivity contribution in [1.82, 2.24) is 4.90 Å². The number of ether oxygens (including phenoxy) is 5. The number of esters is 1. The summed E-state index contributed by atoms with van der Waals surface area (Å²) in [6.45, 7) is 18.9. The summed E-state index contributed by atoms with van der Waals surface area (Å²) in [5.74, 6) is -4.63. The fourth-order valence-electron chi connectivity index (χ4n) is 9.61. The molecule has 0 saturated carbocycles. The van der Waals surface area contributed by atoms with Crippen molar-refractivity contribution in [2.45, 2.75) is 192 Å². The Hall–Kier alpha value is -1.01. The fraction of sp³-hybridized carbons (Fsp3) is 0.974. The maximum atomic E-state index is 14.3. The molecule has 3 fully saturated rings. The molecule has 53 heavy (non-hydrogen) atoms. The summed E-state index contributed by atoms with van der Waals surface area (Å²) in [5, 5.41) is 80.3. The Balaban J connectivity index is 2.22. The van der Waals surface area contributed by atoms with E-state index in [1.165, 1.54) is 14.0 Å². The zero-order valence-electron chi connectivity index (χ0n) is 34.4. The number of nitrogens with zero attached hydrogens (tertiary/aromatic N) is 1. The van der Waals surface area contributed by atoms with Crippen molar-refractivity contribution in [1.29, 1.82) is 0 Å². The van der Waals surface area contributed by atoms with Gasteiger partial charge in [-0.25, -0.2) is 0 Å². The predicted molar refractivity (Wildman–Crippen MR) is 196 cm³/mol. The van der Waals surface area contributed by atoms with E-state index < -0.39 is 120 Å². The highest BCUT2D eigenvalue weighted by atomic mass is 16.7. The number of aliphatic hydroxyl groups is 7. The molecule has 3 aliphatic heterocycles. The molecule has 1 unspecified atom stereocenters. The summed E-state index contributed by atoms with van der Waals surface area (Å²) in [6.07, 6.45) is -10.0. The molecular weight excluding hydrogens is 690 g/mol. The molecular formula is C39H73NO13. The minimum Gasteiger partial charge on any atom is -0.459 e. The van der Waals surface area contributed by atoms with Crippen LogP contribution in [-0.2, 0) is 28.5 Å². The summed E-state index contributed by atoms with van der Waals surface area (Å²) < 4.78 is 31.3. The van der Waals surface area contributed by atoms with E-state index in [0.29, 0.717) is 13.0 Å². The Morgan fingerprint density at radius 2 is 1.53 bits per heavy atom. The van der Waals surface area contributed by atoms with Gasteiger partial charge < -0.3 is 59.4 Å². The number of carbonyl (C=O) groups excluding carboxylic acids is 1. The molecule has 0 amide bonds. The first-order valence-electron chi connectivity index (χ1n) is 19.6. The first-order chi connectivity index (χ1) is 24.3. The zero-order chi connectivity index (χ0) is 40.5. The highest BCUT2D eigenvalue weighted by Crippen LogP contribution is 2.45. The summed E-state index contributed by atoms with van der Waals surface area (Å²) in [6, 6.07) is -0.449. The topological polar surface area (TPSA) is 208 Å². The van der Waals surface area contributed by atoms with Crippen molar-refractivity contribution < 1.29 is 64.2 Å². The summed E-state index contributed by atoms with van der Waals surface area (Å²) in [7, 11) is 3.31. The second-order valence-corrected chi connectivity index (χ2v) is 17.6. The van der Waals surface area contributed by atoms with Gasteiger partial charge in [0, 0.05) is 38.0 Å². The van der Waals surface area contributed by atoms with Crippen molar-refractivity contribution in [2.24, 2.45) is 29.6 Å². The van der Waals surface area contributed by atoms with Gasteiger partial charge in [0.2, 0.25) is 0 Å². The molecule has 0 aliphatic carbocycles. The maximum absolute atomic E-state index is 14.3. The van der Waals surface area contributed by atoms with Crippen LogP contribution in [0.4, 0.5) is 0 Å². The van der Waals surface area contributed by atoms with Crippen LogP contribution in [0.25, 0.3) is 0 Å². The van der Waals surface area contributed by atoms with Crippen LogP contribution >= 0.6 is 0 Å². The smallest absolute Gasteiger partial charge is 0.309 e. The Labute approximate surface area is 317 Å². The molecule has 312 valence electrons. The van der Waals surface area contributed by atoms with E-state index in [4.69, 9.17) is 23.7 Å². The number of likely N-dealkylation sites (N-methyl/N-ethyl adjacent to an activating group) is 1. The first kappa shape index (κ1) is 46.4. The van der Waals surface area contributed by atoms with E-state index in [0.717, 1.165) is 0 Å². The van der Waals surface area contributed by atoms with Crippen LogP contribution in [-0.4, -0.2) is 157 Å². The fourth-order valence-corrected chi connectivity index (χ4v) is 9.61. The van der Waals surface area contributed by atoms with Gasteiger partial charge >= 0.3 is 5.97 Å². The van der Waals surface area contributed by atoms with Crippen LogP contribution in [0.15, 0.2) is 0 Å². The highest BCUT2D eigenvalue weighted by Gasteiger charge is 2.55. The monoisotopic (exact) mass is 764 g/mol. The number of rotatable bonds is 8. The van der Waals surface area contributed by atoms with Gasteiger partial charge in [-0.15, -0.1) is 0 Å². The molecule has 0 radical (unpaired) electrons. The summed E-state index contributed by atoms with van der Waals surface area (Å²) >= 11 is 0. The van der Waals surface area contributed by atoms with Gasteiger partial charge in [0.1, 0.15) is 23.9 Å². The number of cyclic esters (lactones) is 1. The van der Waals surface area contributed by atoms with Crippen LogP contribution in [0.1, 0.15) is 102 Å². The van der Waals surface area contributed by atoms with Crippen molar-refractivity contribution >= 4 is 5.97 Å². The standard InChI is InChI=1S/C39H73NO13/c1-14-28-39(11,48)32(44)24(7)30(42)19(2)16-37(9,47)34(53-36-31(43)26(15-21(4)50-36)40(12)18-20(3)41)22(5)29(23(6)35(46)52-28)27-17-38(10,49-13)33(45)25(8)51-27/h19-34,36,41-45,47-48H,14-18H2,1-13H3/t19-,20+,21-,22+,23-,24+,25+,26+,27-,28-,29?,30+,31-,32-,33+,34-,36+,37-,38-,39-/m1/s1. The number of hydrogen-bond donors (Lipinski definition) is 7. The van der Waals surface area contributed by atoms with Crippen LogP contribution in [0.5, 0.6) is 0 Å². The van der Waals surface area contributed by atoms with E-state index in [2.05, 4.69) is 0 Å². The van der Waals surface area contributed by atoms with E-state index in [-0.39, 0.29) is 25.4 Å². The van der Waals surface area contributed by atoms with Gasteiger partial charge in [-0.2, -0.15) is 0 Å². The van der Waals surface area contributed by atoms with Crippen LogP contribution in [0.3, 0.4) is 0 Å². The van der Waals surface area contributed by atoms with E-state index >= 15 is 0 Å². The third-order valence-electron chi connectivity index (χ3n) is 12.9. The SMILES string of the molecule is CC[C@H]1OC(=O)[C@H](C)C([C@H]2C[C@@](C)(OC)[C@@H](O)[C@H](C)O2)[C@H](C)[C@@H](O[C@@H]2O[C@H](C)C[C@H](N(C)C[C@H](C)O)[C@H]2O)[C@](C)(O)C[C@@H](C)[C@H](O)[C@H](C)[C@@H](O)[C@]1(C)O. The van der Waals surface area contributed by atoms with Crippen LogP contribution in [0.2, 0.25) is 0 Å². The summed E-state index contributed by atoms with van der Waals surface area (Å²) in [5.41, 5.74) is -4.72. The van der Waals surface area contributed by atoms with Gasteiger partial charge in [-0.3, -0.25) is 9.69 Å². The Morgan fingerprint density at radius 1 is 0.925 bits per heavy atom. The van der Waals surface area contributed by atoms with E-state index in [1.807, 2.05) is 25.8 Å². The van der Waals surface area contributed by atoms with Crippen LogP contribution < -0.4 is 0 Å². The number of aliphatic hydroxyl groups excluding tert-OH is 5. The second kappa shape index (κ2) is 18.1. The molecule has 3 saturated heterocycles. The second-order valence-electron chi connectivity index (χ2n) is 17.6. The molecule has 3 heterocycles. The lowest BCUT2D eigenvalue weighted by atomic mass is 9.67. The molecule has 14 heteroatoms. The Morgan fingerprint density at radius 3 is 2.08 bits per heavy atom. The quantitative estimate of drug-likeness (QED) is 0.176. The number of methoxy groups -OCH3 is 1. The molecule has 20 atom stereocenters. The number of carbonyl (C=O) groups is 1. The van der Waals surface area contributed by atoms with Crippen molar-refractivity contribution in [3.05, 3.63) is 0 Å². The minimum absolute atomic E-state index is 0.0364. The molecule has 0 aromatic rings. The third-order valence-corrected chi connectivity index (χ3v) is 12.9. The molecule has 0 spiro atoms. The third kappa shape index (κ3) is 10.1. The first-order valence-corrected chi connectivity index (χ1v) is 19.6. The molecule has 7 N–H and O–H groups in total. The van der Waals surface area contributed by atoms with Gasteiger partial charge in [0.05, 0.1) is 59.8 Å². The predicted octanol–water partition coefficient (Wildman–Crippen LogP) is 1.60.